The Labute approximate surface area is 344 Å². The fourth-order valence-electron chi connectivity index (χ4n) is 10.6. The number of fused-ring (bicyclic) bond motifs is 9. The van der Waals surface area contributed by atoms with Crippen LogP contribution in [0.4, 0.5) is 0 Å². The molecule has 0 aromatic heterocycles. The average molecular weight is 749 g/mol. The molecule has 276 valence electrons. The first-order valence-electron chi connectivity index (χ1n) is 20.8. The summed E-state index contributed by atoms with van der Waals surface area (Å²) in [6, 6.07) is 76.8. The van der Waals surface area contributed by atoms with Gasteiger partial charge >= 0.3 is 0 Å². The Morgan fingerprint density at radius 1 is 0.237 bits per heavy atom. The topological polar surface area (TPSA) is 0 Å². The zero-order valence-electron chi connectivity index (χ0n) is 33.1. The van der Waals surface area contributed by atoms with Crippen LogP contribution in [-0.2, 0) is 5.41 Å². The normalized spacial score (nSPS) is 13.1. The van der Waals surface area contributed by atoms with Crippen LogP contribution in [0.15, 0.2) is 206 Å². The minimum absolute atomic E-state index is 0.115. The van der Waals surface area contributed by atoms with Crippen LogP contribution in [-0.4, -0.2) is 0 Å². The largest absolute Gasteiger partial charge is 0.0622 e. The zero-order chi connectivity index (χ0) is 39.2. The molecule has 59 heavy (non-hydrogen) atoms. The van der Waals surface area contributed by atoms with E-state index in [1.165, 1.54) is 121 Å². The molecule has 0 saturated heterocycles. The summed E-state index contributed by atoms with van der Waals surface area (Å²) in [6.07, 6.45) is 0. The van der Waals surface area contributed by atoms with E-state index in [4.69, 9.17) is 0 Å². The van der Waals surface area contributed by atoms with Crippen LogP contribution in [0.2, 0.25) is 0 Å². The molecule has 0 atom stereocenters. The third-order valence-electron chi connectivity index (χ3n) is 13.2. The fourth-order valence-corrected chi connectivity index (χ4v) is 10.6. The molecule has 0 amide bonds. The van der Waals surface area contributed by atoms with Crippen LogP contribution in [0.5, 0.6) is 0 Å². The molecular formula is C59H40. The average Bonchev–Trinajstić information content (AvgIpc) is 3.53. The smallest absolute Gasteiger partial charge is 0.0159 e. The van der Waals surface area contributed by atoms with E-state index in [2.05, 4.69) is 220 Å². The van der Waals surface area contributed by atoms with Crippen LogP contribution in [0, 0.1) is 0 Å². The summed E-state index contributed by atoms with van der Waals surface area (Å²) in [6.45, 7) is 4.78. The van der Waals surface area contributed by atoms with E-state index in [0.717, 1.165) is 0 Å². The van der Waals surface area contributed by atoms with Crippen LogP contribution in [0.3, 0.4) is 0 Å². The Morgan fingerprint density at radius 2 is 0.559 bits per heavy atom. The zero-order valence-corrected chi connectivity index (χ0v) is 33.1. The molecular weight excluding hydrogens is 709 g/mol. The van der Waals surface area contributed by atoms with Crippen molar-refractivity contribution in [3.8, 4) is 55.6 Å². The maximum atomic E-state index is 2.53. The van der Waals surface area contributed by atoms with Gasteiger partial charge in [-0.15, -0.1) is 0 Å². The van der Waals surface area contributed by atoms with Crippen LogP contribution >= 0.6 is 0 Å². The van der Waals surface area contributed by atoms with E-state index in [-0.39, 0.29) is 5.41 Å². The van der Waals surface area contributed by atoms with Crippen molar-refractivity contribution in [2.24, 2.45) is 0 Å². The molecule has 0 aliphatic heterocycles. The van der Waals surface area contributed by atoms with Crippen LogP contribution < -0.4 is 0 Å². The molecule has 0 radical (unpaired) electrons. The van der Waals surface area contributed by atoms with Crippen LogP contribution in [0.1, 0.15) is 25.0 Å². The second kappa shape index (κ2) is 12.9. The Kier molecular flexibility index (Phi) is 7.38. The summed E-state index contributed by atoms with van der Waals surface area (Å²) in [5.41, 5.74) is 15.6. The minimum Gasteiger partial charge on any atom is -0.0622 e. The van der Waals surface area contributed by atoms with Gasteiger partial charge in [0.05, 0.1) is 0 Å². The van der Waals surface area contributed by atoms with E-state index in [9.17, 15) is 0 Å². The lowest BCUT2D eigenvalue weighted by Gasteiger charge is -2.24. The highest BCUT2D eigenvalue weighted by molar-refractivity contribution is 6.25. The lowest BCUT2D eigenvalue weighted by Crippen LogP contribution is -2.15. The van der Waals surface area contributed by atoms with Gasteiger partial charge in [0.25, 0.3) is 0 Å². The van der Waals surface area contributed by atoms with Crippen molar-refractivity contribution >= 4 is 53.9 Å². The summed E-state index contributed by atoms with van der Waals surface area (Å²) in [4.78, 5) is 0. The predicted octanol–water partition coefficient (Wildman–Crippen LogP) is 16.4. The third kappa shape index (κ3) is 4.90. The first kappa shape index (κ1) is 33.8. The molecule has 0 N–H and O–H groups in total. The molecule has 0 heterocycles. The summed E-state index contributed by atoms with van der Waals surface area (Å²) in [5, 5.41) is 12.8. The van der Waals surface area contributed by atoms with Gasteiger partial charge in [-0.2, -0.15) is 0 Å². The van der Waals surface area contributed by atoms with Crippen LogP contribution in [0.25, 0.3) is 109 Å². The summed E-state index contributed by atoms with van der Waals surface area (Å²) in [7, 11) is 0. The van der Waals surface area contributed by atoms with Crippen molar-refractivity contribution in [2.45, 2.75) is 19.3 Å². The highest BCUT2D eigenvalue weighted by atomic mass is 14.4. The molecule has 0 fully saturated rings. The Bertz CT molecular complexity index is 3380. The first-order valence-corrected chi connectivity index (χ1v) is 20.8. The number of hydrogen-bond acceptors (Lipinski definition) is 0. The highest BCUT2D eigenvalue weighted by Crippen LogP contribution is 2.55. The first-order chi connectivity index (χ1) is 29.1. The molecule has 11 aromatic carbocycles. The minimum atomic E-state index is -0.115. The van der Waals surface area contributed by atoms with Crippen molar-refractivity contribution < 1.29 is 0 Å². The molecule has 12 rings (SSSR count). The van der Waals surface area contributed by atoms with Gasteiger partial charge in [-0.05, 0) is 127 Å². The van der Waals surface area contributed by atoms with Crippen molar-refractivity contribution in [1.82, 2.24) is 0 Å². The predicted molar refractivity (Wildman–Crippen MR) is 253 cm³/mol. The maximum Gasteiger partial charge on any atom is 0.0159 e. The Balaban J connectivity index is 1.09. The summed E-state index contributed by atoms with van der Waals surface area (Å²) in [5.74, 6) is 0. The van der Waals surface area contributed by atoms with Gasteiger partial charge in [0, 0.05) is 5.41 Å². The van der Waals surface area contributed by atoms with Crippen molar-refractivity contribution in [1.29, 1.82) is 0 Å². The lowest BCUT2D eigenvalue weighted by atomic mass is 9.79. The standard InChI is InChI=1S/C59H40/c1-59(2)52-31-17-16-30-50(52)58-41-21-7-6-20-40(41)51(36-53(58)59)57-48-28-14-12-26-46(48)56(47-27-13-15-29-49(47)57)39-34-32-38(33-35-39)55-44-24-10-8-22-42(44)54(37-18-4-3-5-19-37)43-23-9-11-25-45(43)55/h3-36H,1-2H3. The van der Waals surface area contributed by atoms with Gasteiger partial charge in [-0.3, -0.25) is 0 Å². The van der Waals surface area contributed by atoms with Crippen molar-refractivity contribution in [3.63, 3.8) is 0 Å². The number of rotatable bonds is 4. The molecule has 0 unspecified atom stereocenters. The molecule has 11 aromatic rings. The van der Waals surface area contributed by atoms with E-state index < -0.39 is 0 Å². The van der Waals surface area contributed by atoms with E-state index in [1.54, 1.807) is 0 Å². The lowest BCUT2D eigenvalue weighted by molar-refractivity contribution is 0.661. The Hall–Kier alpha value is -7.28. The molecule has 0 heteroatoms. The summed E-state index contributed by atoms with van der Waals surface area (Å²) < 4.78 is 0. The van der Waals surface area contributed by atoms with Gasteiger partial charge in [-0.25, -0.2) is 0 Å². The second-order valence-electron chi connectivity index (χ2n) is 16.7. The van der Waals surface area contributed by atoms with Gasteiger partial charge in [0.2, 0.25) is 0 Å². The fraction of sp³-hybridized carbons (Fsp3) is 0.0508. The molecule has 0 bridgehead atoms. The Morgan fingerprint density at radius 3 is 1.00 bits per heavy atom. The van der Waals surface area contributed by atoms with E-state index in [1.807, 2.05) is 0 Å². The van der Waals surface area contributed by atoms with Gasteiger partial charge < -0.3 is 0 Å². The quantitative estimate of drug-likeness (QED) is 0.157. The third-order valence-corrected chi connectivity index (χ3v) is 13.2. The van der Waals surface area contributed by atoms with E-state index >= 15 is 0 Å². The number of hydrogen-bond donors (Lipinski definition) is 0. The van der Waals surface area contributed by atoms with Gasteiger partial charge in [0.1, 0.15) is 0 Å². The van der Waals surface area contributed by atoms with E-state index in [0.29, 0.717) is 0 Å². The van der Waals surface area contributed by atoms with Crippen molar-refractivity contribution in [3.05, 3.63) is 217 Å². The molecule has 1 aliphatic carbocycles. The molecule has 0 spiro atoms. The molecule has 0 saturated carbocycles. The summed E-state index contributed by atoms with van der Waals surface area (Å²) >= 11 is 0. The highest BCUT2D eigenvalue weighted by Gasteiger charge is 2.37. The monoisotopic (exact) mass is 748 g/mol. The SMILES string of the molecule is CC1(C)c2ccccc2-c2c1cc(-c1c3ccccc3c(-c3ccc(-c4c5ccccc5c(-c5ccccc5)c5ccccc45)cc3)c3ccccc13)c1ccccc21. The molecule has 0 nitrogen and oxygen atoms in total. The van der Waals surface area contributed by atoms with Crippen molar-refractivity contribution in [2.75, 3.05) is 0 Å². The number of benzene rings is 11. The van der Waals surface area contributed by atoms with Gasteiger partial charge in [-0.1, -0.05) is 214 Å². The maximum absolute atomic E-state index is 2.53. The molecule has 1 aliphatic rings. The van der Waals surface area contributed by atoms with Gasteiger partial charge in [0.15, 0.2) is 0 Å². The second-order valence-corrected chi connectivity index (χ2v) is 16.7.